The number of piperidine rings is 1. The first-order chi connectivity index (χ1) is 9.49. The Labute approximate surface area is 122 Å². The molecule has 0 amide bonds. The molecule has 1 fully saturated rings. The van der Waals surface area contributed by atoms with Crippen LogP contribution in [0.15, 0.2) is 18.2 Å². The molecule has 112 valence electrons. The molecular formula is C17H27FN2. The van der Waals surface area contributed by atoms with Crippen molar-refractivity contribution in [2.75, 3.05) is 13.1 Å². The Morgan fingerprint density at radius 1 is 1.30 bits per heavy atom. The van der Waals surface area contributed by atoms with Gasteiger partial charge in [-0.25, -0.2) is 4.39 Å². The number of likely N-dealkylation sites (tertiary alicyclic amines) is 1. The van der Waals surface area contributed by atoms with Crippen molar-refractivity contribution in [1.29, 1.82) is 0 Å². The van der Waals surface area contributed by atoms with Crippen molar-refractivity contribution >= 4 is 0 Å². The highest BCUT2D eigenvalue weighted by Gasteiger charge is 2.38. The Hall–Kier alpha value is -0.930. The van der Waals surface area contributed by atoms with Crippen LogP contribution in [0.1, 0.15) is 56.7 Å². The van der Waals surface area contributed by atoms with E-state index >= 15 is 0 Å². The fraction of sp³-hybridized carbons (Fsp3) is 0.647. The molecule has 1 saturated heterocycles. The highest BCUT2D eigenvalue weighted by molar-refractivity contribution is 5.32. The second kappa shape index (κ2) is 6.23. The molecule has 0 bridgehead atoms. The molecule has 1 heterocycles. The summed E-state index contributed by atoms with van der Waals surface area (Å²) >= 11 is 0. The van der Waals surface area contributed by atoms with Crippen molar-refractivity contribution in [2.24, 2.45) is 5.73 Å². The van der Waals surface area contributed by atoms with Gasteiger partial charge in [-0.1, -0.05) is 19.4 Å². The Bertz CT molecular complexity index is 454. The molecule has 2 rings (SSSR count). The van der Waals surface area contributed by atoms with E-state index in [0.29, 0.717) is 0 Å². The van der Waals surface area contributed by atoms with E-state index in [1.54, 1.807) is 6.07 Å². The maximum Gasteiger partial charge on any atom is 0.123 e. The second-order valence-corrected chi connectivity index (χ2v) is 6.24. The van der Waals surface area contributed by atoms with Crippen LogP contribution in [-0.4, -0.2) is 23.5 Å². The van der Waals surface area contributed by atoms with Gasteiger partial charge < -0.3 is 5.73 Å². The zero-order valence-electron chi connectivity index (χ0n) is 13.0. The minimum atomic E-state index is -0.196. The minimum absolute atomic E-state index is 0.0982. The van der Waals surface area contributed by atoms with Crippen LogP contribution in [0.25, 0.3) is 0 Å². The maximum absolute atomic E-state index is 13.6. The molecule has 1 aromatic rings. The Morgan fingerprint density at radius 2 is 1.95 bits per heavy atom. The van der Waals surface area contributed by atoms with Crippen LogP contribution in [0.5, 0.6) is 0 Å². The number of nitrogens with zero attached hydrogens (tertiary/aromatic N) is 1. The molecule has 3 heteroatoms. The topological polar surface area (TPSA) is 29.3 Å². The van der Waals surface area contributed by atoms with Gasteiger partial charge >= 0.3 is 0 Å². The average Bonchev–Trinajstić information content (AvgIpc) is 2.49. The zero-order chi connectivity index (χ0) is 14.8. The van der Waals surface area contributed by atoms with Gasteiger partial charge in [-0.15, -0.1) is 0 Å². The van der Waals surface area contributed by atoms with Gasteiger partial charge in [0.25, 0.3) is 0 Å². The van der Waals surface area contributed by atoms with E-state index in [1.165, 1.54) is 25.3 Å². The molecule has 2 atom stereocenters. The van der Waals surface area contributed by atoms with Gasteiger partial charge in [0.05, 0.1) is 0 Å². The summed E-state index contributed by atoms with van der Waals surface area (Å²) in [6.07, 6.45) is 4.77. The van der Waals surface area contributed by atoms with Crippen LogP contribution in [0.2, 0.25) is 0 Å². The first-order valence-electron chi connectivity index (χ1n) is 7.75. The van der Waals surface area contributed by atoms with Gasteiger partial charge in [0.1, 0.15) is 5.82 Å². The average molecular weight is 278 g/mol. The van der Waals surface area contributed by atoms with Gasteiger partial charge in [0.15, 0.2) is 0 Å². The van der Waals surface area contributed by atoms with Crippen LogP contribution in [-0.2, 0) is 0 Å². The van der Waals surface area contributed by atoms with Crippen molar-refractivity contribution in [3.05, 3.63) is 35.1 Å². The summed E-state index contributed by atoms with van der Waals surface area (Å²) in [7, 11) is 0. The van der Waals surface area contributed by atoms with Crippen LogP contribution < -0.4 is 5.73 Å². The normalized spacial score (nSPS) is 21.4. The van der Waals surface area contributed by atoms with Gasteiger partial charge in [0.2, 0.25) is 0 Å². The highest BCUT2D eigenvalue weighted by atomic mass is 19.1. The van der Waals surface area contributed by atoms with Crippen LogP contribution in [0.4, 0.5) is 4.39 Å². The quantitative estimate of drug-likeness (QED) is 0.908. The van der Waals surface area contributed by atoms with Crippen LogP contribution in [0.3, 0.4) is 0 Å². The smallest absolute Gasteiger partial charge is 0.123 e. The number of halogens is 1. The monoisotopic (exact) mass is 278 g/mol. The van der Waals surface area contributed by atoms with Crippen LogP contribution in [0, 0.1) is 12.7 Å². The van der Waals surface area contributed by atoms with E-state index in [-0.39, 0.29) is 17.4 Å². The van der Waals surface area contributed by atoms with Crippen molar-refractivity contribution < 1.29 is 4.39 Å². The number of benzene rings is 1. The lowest BCUT2D eigenvalue weighted by atomic mass is 9.81. The number of hydrogen-bond acceptors (Lipinski definition) is 2. The van der Waals surface area contributed by atoms with E-state index in [2.05, 4.69) is 18.7 Å². The molecule has 1 aromatic carbocycles. The maximum atomic E-state index is 13.6. The molecule has 2 N–H and O–H groups in total. The fourth-order valence-electron chi connectivity index (χ4n) is 3.33. The SMILES string of the molecule is CCC(C)(C(N)c1cc(F)ccc1C)N1CCCCC1. The largest absolute Gasteiger partial charge is 0.322 e. The standard InChI is InChI=1S/C17H27FN2/c1-4-17(3,20-10-6-5-7-11-20)16(19)15-12-14(18)9-8-13(15)2/h8-9,12,16H,4-7,10-11,19H2,1-3H3. The van der Waals surface area contributed by atoms with Crippen molar-refractivity contribution in [3.8, 4) is 0 Å². The van der Waals surface area contributed by atoms with E-state index < -0.39 is 0 Å². The molecule has 0 aromatic heterocycles. The summed E-state index contributed by atoms with van der Waals surface area (Å²) in [6.45, 7) is 8.64. The number of aryl methyl sites for hydroxylation is 1. The van der Waals surface area contributed by atoms with Gasteiger partial charge in [0, 0.05) is 11.6 Å². The third kappa shape index (κ3) is 2.89. The third-order valence-electron chi connectivity index (χ3n) is 5.04. The molecule has 20 heavy (non-hydrogen) atoms. The predicted molar refractivity (Wildman–Crippen MR) is 82.2 cm³/mol. The first kappa shape index (κ1) is 15.5. The molecule has 0 aliphatic carbocycles. The number of hydrogen-bond donors (Lipinski definition) is 1. The number of rotatable bonds is 4. The summed E-state index contributed by atoms with van der Waals surface area (Å²) in [4.78, 5) is 2.51. The van der Waals surface area contributed by atoms with Gasteiger partial charge in [-0.05, 0) is 69.5 Å². The Kier molecular flexibility index (Phi) is 4.82. The molecule has 0 spiro atoms. The Balaban J connectivity index is 2.31. The molecular weight excluding hydrogens is 251 g/mol. The lowest BCUT2D eigenvalue weighted by Crippen LogP contribution is -2.54. The van der Waals surface area contributed by atoms with E-state index in [4.69, 9.17) is 5.73 Å². The minimum Gasteiger partial charge on any atom is -0.322 e. The van der Waals surface area contributed by atoms with Gasteiger partial charge in [-0.3, -0.25) is 4.90 Å². The van der Waals surface area contributed by atoms with Crippen molar-refractivity contribution in [3.63, 3.8) is 0 Å². The lowest BCUT2D eigenvalue weighted by molar-refractivity contribution is 0.0540. The molecule has 0 saturated carbocycles. The third-order valence-corrected chi connectivity index (χ3v) is 5.04. The molecule has 2 unspecified atom stereocenters. The summed E-state index contributed by atoms with van der Waals surface area (Å²) in [6, 6.07) is 4.80. The van der Waals surface area contributed by atoms with Crippen molar-refractivity contribution in [1.82, 2.24) is 4.90 Å². The number of nitrogens with two attached hydrogens (primary N) is 1. The molecule has 0 radical (unpaired) electrons. The first-order valence-corrected chi connectivity index (χ1v) is 7.75. The Morgan fingerprint density at radius 3 is 2.55 bits per heavy atom. The summed E-state index contributed by atoms with van der Waals surface area (Å²) < 4.78 is 13.6. The zero-order valence-corrected chi connectivity index (χ0v) is 13.0. The van der Waals surface area contributed by atoms with Crippen molar-refractivity contribution in [2.45, 2.75) is 58.0 Å². The van der Waals surface area contributed by atoms with E-state index in [1.807, 2.05) is 13.0 Å². The summed E-state index contributed by atoms with van der Waals surface area (Å²) in [5.41, 5.74) is 8.50. The molecule has 1 aliphatic rings. The van der Waals surface area contributed by atoms with E-state index in [9.17, 15) is 4.39 Å². The summed E-state index contributed by atoms with van der Waals surface area (Å²) in [5, 5.41) is 0. The highest BCUT2D eigenvalue weighted by Crippen LogP contribution is 2.35. The lowest BCUT2D eigenvalue weighted by Gasteiger charge is -2.47. The van der Waals surface area contributed by atoms with E-state index in [0.717, 1.165) is 30.6 Å². The predicted octanol–water partition coefficient (Wildman–Crippen LogP) is 3.79. The molecule has 1 aliphatic heterocycles. The van der Waals surface area contributed by atoms with Crippen LogP contribution >= 0.6 is 0 Å². The summed E-state index contributed by atoms with van der Waals surface area (Å²) in [5.74, 6) is -0.196. The van der Waals surface area contributed by atoms with Gasteiger partial charge in [-0.2, -0.15) is 0 Å². The second-order valence-electron chi connectivity index (χ2n) is 6.24. The molecule has 2 nitrogen and oxygen atoms in total. The fourth-order valence-corrected chi connectivity index (χ4v) is 3.33.